The minimum Gasteiger partial charge on any atom is -0.493 e. The average molecular weight is 502 g/mol. The molecule has 0 radical (unpaired) electrons. The second-order valence-electron chi connectivity index (χ2n) is 9.75. The lowest BCUT2D eigenvalue weighted by molar-refractivity contribution is -0.144. The lowest BCUT2D eigenvalue weighted by atomic mass is 9.95. The van der Waals surface area contributed by atoms with Crippen LogP contribution in [0.2, 0.25) is 0 Å². The molecule has 4 rings (SSSR count). The van der Waals surface area contributed by atoms with E-state index in [4.69, 9.17) is 4.74 Å². The van der Waals surface area contributed by atoms with Gasteiger partial charge < -0.3 is 9.84 Å². The summed E-state index contributed by atoms with van der Waals surface area (Å²) in [6.07, 6.45) is 7.13. The molecule has 194 valence electrons. The van der Waals surface area contributed by atoms with E-state index in [1.807, 2.05) is 17.0 Å². The van der Waals surface area contributed by atoms with E-state index >= 15 is 0 Å². The number of piperidine rings is 1. The number of aryl methyl sites for hydroxylation is 1. The summed E-state index contributed by atoms with van der Waals surface area (Å²) in [5.41, 5.74) is 7.81. The summed E-state index contributed by atoms with van der Waals surface area (Å²) in [4.78, 5) is 13.8. The van der Waals surface area contributed by atoms with Crippen molar-refractivity contribution in [3.63, 3.8) is 0 Å². The van der Waals surface area contributed by atoms with E-state index in [1.54, 1.807) is 0 Å². The Balaban J connectivity index is 1.63. The van der Waals surface area contributed by atoms with Gasteiger partial charge in [-0.2, -0.15) is 0 Å². The zero-order valence-electron chi connectivity index (χ0n) is 21.8. The normalized spacial score (nSPS) is 16.2. The number of hydrogen-bond donors (Lipinski definition) is 1. The van der Waals surface area contributed by atoms with Crippen molar-refractivity contribution in [2.24, 2.45) is 0 Å². The summed E-state index contributed by atoms with van der Waals surface area (Å²) in [6.45, 7) is 5.31. The van der Waals surface area contributed by atoms with Crippen molar-refractivity contribution in [3.05, 3.63) is 88.5 Å². The van der Waals surface area contributed by atoms with Gasteiger partial charge in [-0.05, 0) is 72.7 Å². The largest absolute Gasteiger partial charge is 0.493 e. The molecule has 0 saturated carbocycles. The van der Waals surface area contributed by atoms with Crippen LogP contribution >= 0.6 is 0 Å². The van der Waals surface area contributed by atoms with E-state index in [1.165, 1.54) is 16.7 Å². The van der Waals surface area contributed by atoms with E-state index in [0.29, 0.717) is 25.1 Å². The summed E-state index contributed by atoms with van der Waals surface area (Å²) < 4.78 is 18.8. The zero-order valence-corrected chi connectivity index (χ0v) is 21.8. The molecule has 3 aromatic carbocycles. The van der Waals surface area contributed by atoms with Gasteiger partial charge in [-0.15, -0.1) is 0 Å². The number of nitrogens with zero attached hydrogens (tertiary/aromatic N) is 1. The molecular weight excluding hydrogens is 465 g/mol. The number of halogens is 1. The van der Waals surface area contributed by atoms with Gasteiger partial charge in [0.25, 0.3) is 0 Å². The van der Waals surface area contributed by atoms with Gasteiger partial charge in [-0.25, -0.2) is 0 Å². The molecule has 0 bridgehead atoms. The standard InChI is InChI=1S/C32H36FNO3/c1-23-20-28(22-34-18-7-6-14-30(34)32(35)36)31(37-19-9-17-33)21-27(23)16-15-25-12-8-13-29(24(25)2)26-10-4-3-5-11-26/h3-5,8,10-13,15-16,20-21,30H,6-7,9,14,17-19,22H2,1-2H3,(H,35,36)/b16-15+/t30-/m0/s1. The molecule has 3 aromatic rings. The van der Waals surface area contributed by atoms with Crippen LogP contribution < -0.4 is 4.74 Å². The van der Waals surface area contributed by atoms with Crippen molar-refractivity contribution in [1.29, 1.82) is 0 Å². The molecule has 0 spiro atoms. The highest BCUT2D eigenvalue weighted by Gasteiger charge is 2.29. The first-order valence-electron chi connectivity index (χ1n) is 13.1. The number of likely N-dealkylation sites (tertiary alicyclic amines) is 1. The highest BCUT2D eigenvalue weighted by atomic mass is 19.1. The Hall–Kier alpha value is -3.44. The average Bonchev–Trinajstić information content (AvgIpc) is 2.90. The predicted octanol–water partition coefficient (Wildman–Crippen LogP) is 7.32. The van der Waals surface area contributed by atoms with Crippen molar-refractivity contribution in [2.75, 3.05) is 19.8 Å². The van der Waals surface area contributed by atoms with Crippen LogP contribution in [0.1, 0.15) is 53.5 Å². The smallest absolute Gasteiger partial charge is 0.320 e. The number of carboxylic acid groups (broad SMARTS) is 1. The fourth-order valence-corrected chi connectivity index (χ4v) is 5.06. The van der Waals surface area contributed by atoms with Crippen LogP contribution in [-0.2, 0) is 11.3 Å². The molecule has 0 aromatic heterocycles. The van der Waals surface area contributed by atoms with Crippen LogP contribution in [0.5, 0.6) is 5.75 Å². The van der Waals surface area contributed by atoms with E-state index in [0.717, 1.165) is 41.6 Å². The Bertz CT molecular complexity index is 1240. The van der Waals surface area contributed by atoms with Gasteiger partial charge in [0.2, 0.25) is 0 Å². The Morgan fingerprint density at radius 1 is 1.05 bits per heavy atom. The van der Waals surface area contributed by atoms with Gasteiger partial charge in [0.1, 0.15) is 11.8 Å². The summed E-state index contributed by atoms with van der Waals surface area (Å²) in [5.74, 6) is -0.0767. The van der Waals surface area contributed by atoms with Crippen molar-refractivity contribution in [3.8, 4) is 16.9 Å². The van der Waals surface area contributed by atoms with Crippen molar-refractivity contribution < 1.29 is 19.0 Å². The lowest BCUT2D eigenvalue weighted by Crippen LogP contribution is -2.44. The molecule has 37 heavy (non-hydrogen) atoms. The Kier molecular flexibility index (Phi) is 9.13. The van der Waals surface area contributed by atoms with Crippen LogP contribution in [0.4, 0.5) is 4.39 Å². The molecule has 1 aliphatic heterocycles. The highest BCUT2D eigenvalue weighted by Crippen LogP contribution is 2.31. The molecule has 1 N–H and O–H groups in total. The monoisotopic (exact) mass is 501 g/mol. The lowest BCUT2D eigenvalue weighted by Gasteiger charge is -2.33. The topological polar surface area (TPSA) is 49.8 Å². The highest BCUT2D eigenvalue weighted by molar-refractivity contribution is 5.78. The molecule has 1 atom stereocenters. The van der Waals surface area contributed by atoms with E-state index in [9.17, 15) is 14.3 Å². The summed E-state index contributed by atoms with van der Waals surface area (Å²) >= 11 is 0. The first-order valence-corrected chi connectivity index (χ1v) is 13.1. The Labute approximate surface area is 219 Å². The molecule has 0 unspecified atom stereocenters. The van der Waals surface area contributed by atoms with Crippen molar-refractivity contribution >= 4 is 18.1 Å². The zero-order chi connectivity index (χ0) is 26.2. The number of carboxylic acids is 1. The van der Waals surface area contributed by atoms with Gasteiger partial charge in [0, 0.05) is 18.5 Å². The first kappa shape index (κ1) is 26.6. The van der Waals surface area contributed by atoms with E-state index < -0.39 is 18.7 Å². The second kappa shape index (κ2) is 12.7. The third kappa shape index (κ3) is 6.66. The maximum absolute atomic E-state index is 12.8. The maximum atomic E-state index is 12.8. The number of hydrogen-bond acceptors (Lipinski definition) is 3. The molecule has 0 amide bonds. The molecule has 1 heterocycles. The quantitative estimate of drug-likeness (QED) is 0.234. The number of ether oxygens (including phenoxy) is 1. The fraction of sp³-hybridized carbons (Fsp3) is 0.344. The van der Waals surface area contributed by atoms with Crippen LogP contribution in [-0.4, -0.2) is 41.8 Å². The predicted molar refractivity (Wildman–Crippen MR) is 148 cm³/mol. The maximum Gasteiger partial charge on any atom is 0.320 e. The summed E-state index contributed by atoms with van der Waals surface area (Å²) in [5, 5.41) is 9.70. The molecule has 0 aliphatic carbocycles. The first-order chi connectivity index (χ1) is 18.0. The minimum absolute atomic E-state index is 0.288. The Morgan fingerprint density at radius 2 is 1.84 bits per heavy atom. The van der Waals surface area contributed by atoms with Crippen molar-refractivity contribution in [1.82, 2.24) is 4.90 Å². The van der Waals surface area contributed by atoms with E-state index in [-0.39, 0.29) is 6.61 Å². The van der Waals surface area contributed by atoms with Crippen molar-refractivity contribution in [2.45, 2.75) is 52.1 Å². The SMILES string of the molecule is Cc1cc(CN2CCCC[C@H]2C(=O)O)c(OCCCF)cc1/C=C/c1cccc(-c2ccccc2)c1C. The number of rotatable bonds is 10. The fourth-order valence-electron chi connectivity index (χ4n) is 5.06. The number of benzene rings is 3. The summed E-state index contributed by atoms with van der Waals surface area (Å²) in [7, 11) is 0. The third-order valence-electron chi connectivity index (χ3n) is 7.16. The Morgan fingerprint density at radius 3 is 2.59 bits per heavy atom. The molecular formula is C32H36FNO3. The van der Waals surface area contributed by atoms with E-state index in [2.05, 4.69) is 74.5 Å². The summed E-state index contributed by atoms with van der Waals surface area (Å²) in [6, 6.07) is 20.3. The van der Waals surface area contributed by atoms with Gasteiger partial charge in [-0.3, -0.25) is 14.1 Å². The van der Waals surface area contributed by atoms with Gasteiger partial charge in [0.05, 0.1) is 13.3 Å². The molecule has 1 aliphatic rings. The van der Waals surface area contributed by atoms with Crippen LogP contribution in [0.25, 0.3) is 23.3 Å². The van der Waals surface area contributed by atoms with Crippen LogP contribution in [0, 0.1) is 13.8 Å². The number of alkyl halides is 1. The van der Waals surface area contributed by atoms with Gasteiger partial charge in [-0.1, -0.05) is 73.2 Å². The molecule has 1 saturated heterocycles. The van der Waals surface area contributed by atoms with Crippen LogP contribution in [0.3, 0.4) is 0 Å². The van der Waals surface area contributed by atoms with Gasteiger partial charge >= 0.3 is 5.97 Å². The third-order valence-corrected chi connectivity index (χ3v) is 7.16. The minimum atomic E-state index is -0.774. The second-order valence-corrected chi connectivity index (χ2v) is 9.75. The number of carbonyl (C=O) groups is 1. The van der Waals surface area contributed by atoms with Gasteiger partial charge in [0.15, 0.2) is 0 Å². The molecule has 1 fully saturated rings. The molecule has 4 nitrogen and oxygen atoms in total. The molecule has 5 heteroatoms. The van der Waals surface area contributed by atoms with Crippen LogP contribution in [0.15, 0.2) is 60.7 Å². The number of aliphatic carboxylic acids is 1.